The highest BCUT2D eigenvalue weighted by Gasteiger charge is 2.11. The highest BCUT2D eigenvalue weighted by atomic mass is 32.2. The summed E-state index contributed by atoms with van der Waals surface area (Å²) in [7, 11) is 0. The lowest BCUT2D eigenvalue weighted by Crippen LogP contribution is -2.30. The molecule has 0 aliphatic heterocycles. The van der Waals surface area contributed by atoms with Crippen LogP contribution in [-0.2, 0) is 9.53 Å². The number of hydrogen-bond donors (Lipinski definition) is 1. The summed E-state index contributed by atoms with van der Waals surface area (Å²) >= 11 is 1.60. The summed E-state index contributed by atoms with van der Waals surface area (Å²) in [5.74, 6) is -0.507. The van der Waals surface area contributed by atoms with Crippen LogP contribution in [-0.4, -0.2) is 37.4 Å². The average molecular weight is 381 g/mol. The van der Waals surface area contributed by atoms with Gasteiger partial charge in [0.1, 0.15) is 5.75 Å². The van der Waals surface area contributed by atoms with Crippen molar-refractivity contribution in [2.75, 3.05) is 18.9 Å². The van der Waals surface area contributed by atoms with Gasteiger partial charge in [0.05, 0.1) is 5.56 Å². The number of thioether (sulfide) groups is 1. The molecular weight excluding hydrogens is 364 g/mol. The van der Waals surface area contributed by atoms with Crippen LogP contribution >= 0.6 is 11.8 Å². The van der Waals surface area contributed by atoms with Crippen molar-refractivity contribution >= 4 is 23.6 Å². The summed E-state index contributed by atoms with van der Waals surface area (Å²) in [4.78, 5) is 24.6. The molecule has 0 radical (unpaired) electrons. The predicted molar refractivity (Wildman–Crippen MR) is 93.5 cm³/mol. The Kier molecular flexibility index (Phi) is 7.88. The molecule has 0 aliphatic rings. The second-order valence-corrected chi connectivity index (χ2v) is 6.16. The third-order valence-corrected chi connectivity index (χ3v) is 4.10. The molecule has 26 heavy (non-hydrogen) atoms. The van der Waals surface area contributed by atoms with Crippen LogP contribution < -0.4 is 10.1 Å². The quantitative estimate of drug-likeness (QED) is 0.410. The second-order valence-electron chi connectivity index (χ2n) is 4.99. The molecule has 0 bridgehead atoms. The van der Waals surface area contributed by atoms with Crippen molar-refractivity contribution in [3.63, 3.8) is 0 Å². The number of esters is 1. The van der Waals surface area contributed by atoms with E-state index in [0.717, 1.165) is 4.90 Å². The number of amides is 1. The van der Waals surface area contributed by atoms with Crippen molar-refractivity contribution in [3.8, 4) is 5.75 Å². The summed E-state index contributed by atoms with van der Waals surface area (Å²) in [5.41, 5.74) is 0.138. The van der Waals surface area contributed by atoms with E-state index in [2.05, 4.69) is 10.1 Å². The van der Waals surface area contributed by atoms with Crippen LogP contribution in [0.5, 0.6) is 5.75 Å². The Bertz CT molecular complexity index is 711. The highest BCUT2D eigenvalue weighted by Crippen LogP contribution is 2.16. The molecule has 0 saturated heterocycles. The molecule has 0 heterocycles. The molecule has 0 aliphatic carbocycles. The van der Waals surface area contributed by atoms with Crippen LogP contribution in [0.3, 0.4) is 0 Å². The lowest BCUT2D eigenvalue weighted by molar-refractivity contribution is -0.124. The fourth-order valence-electron chi connectivity index (χ4n) is 1.91. The summed E-state index contributed by atoms with van der Waals surface area (Å²) in [6.45, 7) is -2.91. The maximum Gasteiger partial charge on any atom is 0.387 e. The fourth-order valence-corrected chi connectivity index (χ4v) is 2.70. The minimum atomic E-state index is -2.93. The van der Waals surface area contributed by atoms with Crippen molar-refractivity contribution < 1.29 is 27.8 Å². The van der Waals surface area contributed by atoms with E-state index in [1.54, 1.807) is 11.8 Å². The van der Waals surface area contributed by atoms with Gasteiger partial charge in [0, 0.05) is 17.2 Å². The summed E-state index contributed by atoms with van der Waals surface area (Å²) in [6.07, 6.45) is 0. The monoisotopic (exact) mass is 381 g/mol. The molecule has 0 unspecified atom stereocenters. The summed E-state index contributed by atoms with van der Waals surface area (Å²) in [5, 5.41) is 2.65. The Morgan fingerprint density at radius 1 is 1.04 bits per heavy atom. The lowest BCUT2D eigenvalue weighted by atomic mass is 10.2. The first-order valence-electron chi connectivity index (χ1n) is 7.71. The Labute approximate surface area is 153 Å². The zero-order valence-corrected chi connectivity index (χ0v) is 14.5. The highest BCUT2D eigenvalue weighted by molar-refractivity contribution is 7.99. The minimum Gasteiger partial charge on any atom is -0.452 e. The van der Waals surface area contributed by atoms with Crippen molar-refractivity contribution in [2.45, 2.75) is 11.5 Å². The number of ether oxygens (including phenoxy) is 2. The number of carbonyl (C=O) groups excluding carboxylic acids is 2. The van der Waals surface area contributed by atoms with Gasteiger partial charge >= 0.3 is 12.6 Å². The molecule has 8 heteroatoms. The Balaban J connectivity index is 1.65. The first kappa shape index (κ1) is 19.7. The number of benzene rings is 2. The largest absolute Gasteiger partial charge is 0.452 e. The lowest BCUT2D eigenvalue weighted by Gasteiger charge is -2.08. The van der Waals surface area contributed by atoms with Crippen molar-refractivity contribution in [2.24, 2.45) is 0 Å². The molecule has 0 fully saturated rings. The van der Waals surface area contributed by atoms with Gasteiger partial charge in [0.15, 0.2) is 6.61 Å². The first-order chi connectivity index (χ1) is 12.5. The SMILES string of the molecule is O=C(COC(=O)c1ccc(OC(F)F)cc1)NCCSc1ccccc1. The van der Waals surface area contributed by atoms with Gasteiger partial charge in [-0.15, -0.1) is 11.8 Å². The van der Waals surface area contributed by atoms with E-state index in [-0.39, 0.29) is 11.3 Å². The molecule has 2 aromatic carbocycles. The van der Waals surface area contributed by atoms with Gasteiger partial charge in [-0.05, 0) is 36.4 Å². The zero-order valence-electron chi connectivity index (χ0n) is 13.7. The Hall–Kier alpha value is -2.61. The van der Waals surface area contributed by atoms with Gasteiger partial charge in [0.25, 0.3) is 5.91 Å². The zero-order chi connectivity index (χ0) is 18.8. The van der Waals surface area contributed by atoms with Gasteiger partial charge < -0.3 is 14.8 Å². The Morgan fingerprint density at radius 3 is 2.38 bits per heavy atom. The Morgan fingerprint density at radius 2 is 1.73 bits per heavy atom. The molecule has 2 rings (SSSR count). The number of alkyl halides is 2. The number of carbonyl (C=O) groups is 2. The number of nitrogens with one attached hydrogen (secondary N) is 1. The fraction of sp³-hybridized carbons (Fsp3) is 0.222. The van der Waals surface area contributed by atoms with E-state index in [1.807, 2.05) is 30.3 Å². The van der Waals surface area contributed by atoms with Crippen LogP contribution in [0.1, 0.15) is 10.4 Å². The molecule has 0 atom stereocenters. The normalized spacial score (nSPS) is 10.4. The van der Waals surface area contributed by atoms with E-state index in [9.17, 15) is 18.4 Å². The van der Waals surface area contributed by atoms with Crippen molar-refractivity contribution in [3.05, 3.63) is 60.2 Å². The van der Waals surface area contributed by atoms with Crippen LogP contribution in [0, 0.1) is 0 Å². The van der Waals surface area contributed by atoms with Gasteiger partial charge in [-0.25, -0.2) is 4.79 Å². The molecule has 138 valence electrons. The van der Waals surface area contributed by atoms with Crippen molar-refractivity contribution in [1.82, 2.24) is 5.32 Å². The van der Waals surface area contributed by atoms with Crippen molar-refractivity contribution in [1.29, 1.82) is 0 Å². The number of halogens is 2. The molecular formula is C18H17F2NO4S. The van der Waals surface area contributed by atoms with E-state index < -0.39 is 25.1 Å². The second kappa shape index (κ2) is 10.4. The maximum atomic E-state index is 12.1. The third kappa shape index (κ3) is 7.10. The van der Waals surface area contributed by atoms with Crippen LogP contribution in [0.4, 0.5) is 8.78 Å². The molecule has 0 saturated carbocycles. The van der Waals surface area contributed by atoms with Gasteiger partial charge in [0.2, 0.25) is 0 Å². The molecule has 1 amide bonds. The third-order valence-electron chi connectivity index (χ3n) is 3.09. The molecule has 1 N–H and O–H groups in total. The minimum absolute atomic E-state index is 0.0646. The standard InChI is InChI=1S/C18H17F2NO4S/c19-18(20)25-14-8-6-13(7-9-14)17(23)24-12-16(22)21-10-11-26-15-4-2-1-3-5-15/h1-9,18H,10-12H2,(H,21,22). The average Bonchev–Trinajstić information content (AvgIpc) is 2.64. The molecule has 5 nitrogen and oxygen atoms in total. The van der Waals surface area contributed by atoms with Gasteiger partial charge in [-0.1, -0.05) is 18.2 Å². The predicted octanol–water partition coefficient (Wildman–Crippen LogP) is 3.35. The summed E-state index contributed by atoms with van der Waals surface area (Å²) in [6, 6.07) is 14.8. The van der Waals surface area contributed by atoms with Gasteiger partial charge in [-0.3, -0.25) is 4.79 Å². The van der Waals surface area contributed by atoms with Gasteiger partial charge in [-0.2, -0.15) is 8.78 Å². The molecule has 0 aromatic heterocycles. The van der Waals surface area contributed by atoms with E-state index in [1.165, 1.54) is 24.3 Å². The smallest absolute Gasteiger partial charge is 0.387 e. The van der Waals surface area contributed by atoms with Crippen LogP contribution in [0.2, 0.25) is 0 Å². The first-order valence-corrected chi connectivity index (χ1v) is 8.69. The van der Waals surface area contributed by atoms with Crippen LogP contribution in [0.15, 0.2) is 59.5 Å². The molecule has 2 aromatic rings. The van der Waals surface area contributed by atoms with E-state index in [0.29, 0.717) is 12.3 Å². The maximum absolute atomic E-state index is 12.1. The van der Waals surface area contributed by atoms with E-state index >= 15 is 0 Å². The topological polar surface area (TPSA) is 64.6 Å². The molecule has 0 spiro atoms. The summed E-state index contributed by atoms with van der Waals surface area (Å²) < 4.78 is 33.2. The van der Waals surface area contributed by atoms with E-state index in [4.69, 9.17) is 4.74 Å². The number of hydrogen-bond acceptors (Lipinski definition) is 5. The van der Waals surface area contributed by atoms with Crippen LogP contribution in [0.25, 0.3) is 0 Å². The number of rotatable bonds is 9.